The van der Waals surface area contributed by atoms with E-state index in [0.717, 1.165) is 11.1 Å². The Morgan fingerprint density at radius 1 is 0.865 bits per heavy atom. The molecular formula is C28H34BrN2O5P. The van der Waals surface area contributed by atoms with E-state index in [4.69, 9.17) is 5.73 Å². The van der Waals surface area contributed by atoms with Crippen LogP contribution in [0.3, 0.4) is 0 Å². The van der Waals surface area contributed by atoms with E-state index in [-0.39, 0.29) is 42.7 Å². The first-order chi connectivity index (χ1) is 17.1. The highest BCUT2D eigenvalue weighted by Crippen LogP contribution is 2.59. The molecule has 0 fully saturated rings. The van der Waals surface area contributed by atoms with Gasteiger partial charge in [-0.3, -0.25) is 14.2 Å². The van der Waals surface area contributed by atoms with Crippen molar-refractivity contribution in [1.29, 1.82) is 0 Å². The standard InChI is InChI=1S/C28H33N2O5P.BrH/c1-28(20-23-15-9-4-10-16-23,36(34,35)25(29)18-22-13-7-3-8-14-22)27(33)30-24(19-26(31)32)17-21-11-5-2-6-12-21;/h2-16,24-25H,17-20,29H2,1H3,(H,30,33)(H,31,32)(H,34,35);1H. The maximum Gasteiger partial charge on any atom is 0.305 e. The van der Waals surface area contributed by atoms with Crippen molar-refractivity contribution in [2.45, 2.75) is 49.6 Å². The van der Waals surface area contributed by atoms with Crippen molar-refractivity contribution < 1.29 is 24.2 Å². The topological polar surface area (TPSA) is 130 Å². The Labute approximate surface area is 228 Å². The van der Waals surface area contributed by atoms with Gasteiger partial charge in [0.1, 0.15) is 5.16 Å². The quantitative estimate of drug-likeness (QED) is 0.229. The average Bonchev–Trinajstić information content (AvgIpc) is 2.85. The molecule has 0 aliphatic carbocycles. The monoisotopic (exact) mass is 588 g/mol. The fraction of sp³-hybridized carbons (Fsp3) is 0.286. The van der Waals surface area contributed by atoms with Crippen LogP contribution in [0.5, 0.6) is 0 Å². The lowest BCUT2D eigenvalue weighted by Crippen LogP contribution is -2.52. The fourth-order valence-corrected chi connectivity index (χ4v) is 6.26. The molecule has 3 aromatic rings. The Bertz CT molecular complexity index is 1200. The molecule has 7 nitrogen and oxygen atoms in total. The molecule has 1 amide bonds. The predicted molar refractivity (Wildman–Crippen MR) is 151 cm³/mol. The minimum Gasteiger partial charge on any atom is -0.481 e. The van der Waals surface area contributed by atoms with Crippen molar-refractivity contribution in [2.75, 3.05) is 0 Å². The normalized spacial score (nSPS) is 15.8. The van der Waals surface area contributed by atoms with Crippen LogP contribution < -0.4 is 11.1 Å². The van der Waals surface area contributed by atoms with E-state index < -0.39 is 36.2 Å². The number of nitrogens with one attached hydrogen (secondary N) is 1. The Kier molecular flexibility index (Phi) is 11.3. The molecule has 5 N–H and O–H groups in total. The van der Waals surface area contributed by atoms with Crippen molar-refractivity contribution in [1.82, 2.24) is 5.32 Å². The summed E-state index contributed by atoms with van der Waals surface area (Å²) in [6, 6.07) is 26.5. The number of carbonyl (C=O) groups is 2. The minimum atomic E-state index is -4.35. The van der Waals surface area contributed by atoms with E-state index in [1.807, 2.05) is 66.7 Å². The summed E-state index contributed by atoms with van der Waals surface area (Å²) >= 11 is 0. The van der Waals surface area contributed by atoms with Crippen LogP contribution in [0.4, 0.5) is 0 Å². The van der Waals surface area contributed by atoms with Gasteiger partial charge in [-0.1, -0.05) is 91.0 Å². The van der Waals surface area contributed by atoms with E-state index in [1.165, 1.54) is 6.92 Å². The third-order valence-electron chi connectivity index (χ3n) is 6.41. The summed E-state index contributed by atoms with van der Waals surface area (Å²) in [4.78, 5) is 36.8. The summed E-state index contributed by atoms with van der Waals surface area (Å²) in [6.45, 7) is 1.45. The molecule has 0 saturated carbocycles. The smallest absolute Gasteiger partial charge is 0.305 e. The number of aliphatic carboxylic acids is 1. The lowest BCUT2D eigenvalue weighted by Gasteiger charge is -2.37. The maximum atomic E-state index is 14.0. The van der Waals surface area contributed by atoms with Gasteiger partial charge in [0.2, 0.25) is 13.3 Å². The summed E-state index contributed by atoms with van der Waals surface area (Å²) < 4.78 is 14.0. The average molecular weight is 589 g/mol. The van der Waals surface area contributed by atoms with Crippen molar-refractivity contribution in [2.24, 2.45) is 5.73 Å². The number of hydrogen-bond acceptors (Lipinski definition) is 4. The lowest BCUT2D eigenvalue weighted by atomic mass is 9.97. The number of hydrogen-bond donors (Lipinski definition) is 4. The van der Waals surface area contributed by atoms with Crippen LogP contribution in [-0.4, -0.2) is 38.9 Å². The lowest BCUT2D eigenvalue weighted by molar-refractivity contribution is -0.137. The summed E-state index contributed by atoms with van der Waals surface area (Å²) in [5, 5.41) is 10.4. The zero-order valence-corrected chi connectivity index (χ0v) is 23.3. The molecule has 3 aromatic carbocycles. The third-order valence-corrected chi connectivity index (χ3v) is 9.26. The SMILES string of the molecule is Br.CC(Cc1ccccc1)(C(=O)NC(CC(=O)O)Cc1ccccc1)P(=O)(O)C(N)Cc1ccccc1. The van der Waals surface area contributed by atoms with Crippen LogP contribution in [-0.2, 0) is 33.4 Å². The molecule has 0 bridgehead atoms. The third kappa shape index (κ3) is 8.11. The highest BCUT2D eigenvalue weighted by atomic mass is 79.9. The molecule has 0 spiro atoms. The fourth-order valence-electron chi connectivity index (χ4n) is 4.30. The maximum absolute atomic E-state index is 14.0. The number of carboxylic acids is 1. The number of benzene rings is 3. The minimum absolute atomic E-state index is 0. The Hall–Kier alpha value is -2.77. The van der Waals surface area contributed by atoms with Crippen LogP contribution >= 0.6 is 24.4 Å². The second kappa shape index (κ2) is 13.7. The van der Waals surface area contributed by atoms with Gasteiger partial charge in [-0.05, 0) is 42.9 Å². The molecule has 0 radical (unpaired) electrons. The number of halogens is 1. The molecule has 37 heavy (non-hydrogen) atoms. The van der Waals surface area contributed by atoms with Gasteiger partial charge in [0, 0.05) is 6.04 Å². The number of amides is 1. The van der Waals surface area contributed by atoms with Gasteiger partial charge in [0.25, 0.3) is 0 Å². The van der Waals surface area contributed by atoms with Gasteiger partial charge >= 0.3 is 5.97 Å². The van der Waals surface area contributed by atoms with E-state index in [1.54, 1.807) is 24.3 Å². The molecule has 0 heterocycles. The van der Waals surface area contributed by atoms with Gasteiger partial charge in [-0.15, -0.1) is 17.0 Å². The van der Waals surface area contributed by atoms with Crippen molar-refractivity contribution in [3.8, 4) is 0 Å². The number of carbonyl (C=O) groups excluding carboxylic acids is 1. The highest BCUT2D eigenvalue weighted by Gasteiger charge is 2.53. The molecule has 3 rings (SSSR count). The van der Waals surface area contributed by atoms with E-state index in [9.17, 15) is 24.2 Å². The number of carboxylic acid groups (broad SMARTS) is 1. The molecule has 0 aliphatic heterocycles. The summed E-state index contributed by atoms with van der Waals surface area (Å²) in [6.07, 6.45) is 0.0376. The Morgan fingerprint density at radius 3 is 1.76 bits per heavy atom. The molecule has 0 aliphatic rings. The van der Waals surface area contributed by atoms with E-state index in [0.29, 0.717) is 5.56 Å². The number of rotatable bonds is 12. The first-order valence-corrected chi connectivity index (χ1v) is 13.6. The molecule has 9 heteroatoms. The summed E-state index contributed by atoms with van der Waals surface area (Å²) in [5.74, 6) is -2.96. The van der Waals surface area contributed by atoms with E-state index in [2.05, 4.69) is 5.32 Å². The van der Waals surface area contributed by atoms with Gasteiger partial charge < -0.3 is 21.1 Å². The van der Waals surface area contributed by atoms with Crippen molar-refractivity contribution in [3.63, 3.8) is 0 Å². The first-order valence-electron chi connectivity index (χ1n) is 11.8. The van der Waals surface area contributed by atoms with E-state index >= 15 is 0 Å². The van der Waals surface area contributed by atoms with Crippen LogP contribution in [0, 0.1) is 0 Å². The van der Waals surface area contributed by atoms with Gasteiger partial charge in [-0.25, -0.2) is 0 Å². The van der Waals surface area contributed by atoms with Crippen LogP contribution in [0.15, 0.2) is 91.0 Å². The van der Waals surface area contributed by atoms with Gasteiger partial charge in [0.05, 0.1) is 12.2 Å². The van der Waals surface area contributed by atoms with Gasteiger partial charge in [-0.2, -0.15) is 0 Å². The highest BCUT2D eigenvalue weighted by molar-refractivity contribution is 8.93. The van der Waals surface area contributed by atoms with Crippen molar-refractivity contribution in [3.05, 3.63) is 108 Å². The molecule has 0 saturated heterocycles. The second-order valence-electron chi connectivity index (χ2n) is 9.27. The largest absolute Gasteiger partial charge is 0.481 e. The molecule has 0 aromatic heterocycles. The van der Waals surface area contributed by atoms with Crippen LogP contribution in [0.25, 0.3) is 0 Å². The second-order valence-corrected chi connectivity index (χ2v) is 12.2. The number of nitrogens with two attached hydrogens (primary N) is 1. The van der Waals surface area contributed by atoms with Crippen molar-refractivity contribution >= 4 is 36.2 Å². The summed E-state index contributed by atoms with van der Waals surface area (Å²) in [5.41, 5.74) is 8.65. The first kappa shape index (κ1) is 30.5. The molecule has 4 unspecified atom stereocenters. The summed E-state index contributed by atoms with van der Waals surface area (Å²) in [7, 11) is -4.35. The predicted octanol–water partition coefficient (Wildman–Crippen LogP) is 4.57. The molecule has 198 valence electrons. The molecule has 4 atom stereocenters. The zero-order valence-electron chi connectivity index (χ0n) is 20.7. The van der Waals surface area contributed by atoms with Crippen LogP contribution in [0.2, 0.25) is 0 Å². The zero-order chi connectivity index (χ0) is 26.2. The van der Waals surface area contributed by atoms with Crippen LogP contribution in [0.1, 0.15) is 30.0 Å². The Morgan fingerprint density at radius 2 is 1.30 bits per heavy atom. The Balaban J connectivity index is 0.00000481. The molecular weight excluding hydrogens is 555 g/mol. The van der Waals surface area contributed by atoms with Gasteiger partial charge in [0.15, 0.2) is 0 Å².